The van der Waals surface area contributed by atoms with Crippen molar-refractivity contribution in [2.24, 2.45) is 0 Å². The molecule has 0 saturated heterocycles. The number of para-hydroxylation sites is 1. The molecule has 29 heavy (non-hydrogen) atoms. The number of rotatable bonds is 7. The molecular formula is C22H20ClFN4O. The monoisotopic (exact) mass is 410 g/mol. The van der Waals surface area contributed by atoms with Crippen LogP contribution in [0, 0.1) is 5.82 Å². The van der Waals surface area contributed by atoms with Gasteiger partial charge in [-0.25, -0.2) is 4.39 Å². The molecule has 148 valence electrons. The summed E-state index contributed by atoms with van der Waals surface area (Å²) in [6.07, 6.45) is 5.43. The topological polar surface area (TPSA) is 62.7 Å². The normalized spacial score (nSPS) is 11.1. The van der Waals surface area contributed by atoms with Crippen LogP contribution < -0.4 is 5.32 Å². The molecule has 0 fully saturated rings. The molecule has 5 nitrogen and oxygen atoms in total. The highest BCUT2D eigenvalue weighted by Crippen LogP contribution is 2.22. The van der Waals surface area contributed by atoms with E-state index in [1.165, 1.54) is 21.7 Å². The number of nitrogens with zero attached hydrogens (tertiary/aromatic N) is 2. The second-order valence-electron chi connectivity index (χ2n) is 6.88. The maximum Gasteiger partial charge on any atom is 0.225 e. The Kier molecular flexibility index (Phi) is 5.62. The van der Waals surface area contributed by atoms with E-state index >= 15 is 0 Å². The summed E-state index contributed by atoms with van der Waals surface area (Å²) in [5.74, 6) is -0.162. The number of carbonyl (C=O) groups excluding carboxylic acids is 1. The summed E-state index contributed by atoms with van der Waals surface area (Å²) in [6, 6.07) is 14.6. The first-order valence-corrected chi connectivity index (χ1v) is 9.79. The average Bonchev–Trinajstić information content (AvgIpc) is 3.27. The molecule has 4 aromatic rings. The highest BCUT2D eigenvalue weighted by Gasteiger charge is 2.12. The highest BCUT2D eigenvalue weighted by molar-refractivity contribution is 6.33. The van der Waals surface area contributed by atoms with Crippen LogP contribution in [0.25, 0.3) is 10.9 Å². The van der Waals surface area contributed by atoms with Crippen LogP contribution in [0.3, 0.4) is 0 Å². The fourth-order valence-electron chi connectivity index (χ4n) is 3.34. The maximum absolute atomic E-state index is 13.8. The van der Waals surface area contributed by atoms with E-state index in [-0.39, 0.29) is 18.3 Å². The molecule has 2 aromatic carbocycles. The van der Waals surface area contributed by atoms with Gasteiger partial charge in [0.1, 0.15) is 10.8 Å². The zero-order valence-electron chi connectivity index (χ0n) is 15.7. The van der Waals surface area contributed by atoms with E-state index in [9.17, 15) is 9.18 Å². The van der Waals surface area contributed by atoms with Gasteiger partial charge in [0.2, 0.25) is 5.91 Å². The number of nitrogens with one attached hydrogen (secondary N) is 2. The SMILES string of the molecule is O=C(CCCc1c[nH]c2ccccc12)Nc1nn(Cc2ccccc2F)cc1Cl. The molecule has 1 amide bonds. The van der Waals surface area contributed by atoms with Crippen molar-refractivity contribution in [1.29, 1.82) is 0 Å². The first kappa shape index (κ1) is 19.2. The summed E-state index contributed by atoms with van der Waals surface area (Å²) in [7, 11) is 0. The van der Waals surface area contributed by atoms with Crippen molar-refractivity contribution in [2.75, 3.05) is 5.32 Å². The molecule has 0 saturated carbocycles. The lowest BCUT2D eigenvalue weighted by Gasteiger charge is -2.04. The zero-order valence-corrected chi connectivity index (χ0v) is 16.4. The van der Waals surface area contributed by atoms with Crippen molar-refractivity contribution in [3.05, 3.63) is 82.9 Å². The van der Waals surface area contributed by atoms with E-state index < -0.39 is 0 Å². The van der Waals surface area contributed by atoms with Gasteiger partial charge in [-0.15, -0.1) is 0 Å². The van der Waals surface area contributed by atoms with Crippen molar-refractivity contribution in [1.82, 2.24) is 14.8 Å². The van der Waals surface area contributed by atoms with Crippen LogP contribution in [0.4, 0.5) is 10.2 Å². The predicted octanol–water partition coefficient (Wildman–Crippen LogP) is 5.17. The number of aromatic nitrogens is 3. The standard InChI is InChI=1S/C22H20ClFN4O/c23-18-14-28(13-16-6-1-3-9-19(16)24)27-22(18)26-21(29)11-5-7-15-12-25-20-10-4-2-8-17(15)20/h1-4,6,8-10,12,14,25H,5,7,11,13H2,(H,26,27,29). The van der Waals surface area contributed by atoms with Gasteiger partial charge in [-0.2, -0.15) is 5.10 Å². The Hall–Kier alpha value is -3.12. The summed E-state index contributed by atoms with van der Waals surface area (Å²) in [5.41, 5.74) is 2.79. The number of benzene rings is 2. The minimum Gasteiger partial charge on any atom is -0.361 e. The van der Waals surface area contributed by atoms with Crippen molar-refractivity contribution in [3.8, 4) is 0 Å². The molecule has 0 aliphatic rings. The van der Waals surface area contributed by atoms with E-state index in [4.69, 9.17) is 11.6 Å². The van der Waals surface area contributed by atoms with Gasteiger partial charge in [0.05, 0.1) is 6.54 Å². The van der Waals surface area contributed by atoms with Gasteiger partial charge in [-0.1, -0.05) is 48.0 Å². The molecule has 0 radical (unpaired) electrons. The Labute approximate surface area is 172 Å². The number of halogens is 2. The van der Waals surface area contributed by atoms with Crippen LogP contribution in [0.5, 0.6) is 0 Å². The Morgan fingerprint density at radius 2 is 1.93 bits per heavy atom. The molecule has 2 N–H and O–H groups in total. The summed E-state index contributed by atoms with van der Waals surface area (Å²) < 4.78 is 15.3. The average molecular weight is 411 g/mol. The Morgan fingerprint density at radius 1 is 1.14 bits per heavy atom. The maximum atomic E-state index is 13.8. The number of H-pyrrole nitrogens is 1. The number of hydrogen-bond donors (Lipinski definition) is 2. The number of anilines is 1. The summed E-state index contributed by atoms with van der Waals surface area (Å²) in [6.45, 7) is 0.239. The molecule has 0 unspecified atom stereocenters. The minimum absolute atomic E-state index is 0.150. The van der Waals surface area contributed by atoms with E-state index in [0.717, 1.165) is 11.9 Å². The lowest BCUT2D eigenvalue weighted by atomic mass is 10.1. The van der Waals surface area contributed by atoms with E-state index in [2.05, 4.69) is 21.5 Å². The first-order chi connectivity index (χ1) is 14.1. The number of aromatic amines is 1. The van der Waals surface area contributed by atoms with Crippen molar-refractivity contribution in [3.63, 3.8) is 0 Å². The van der Waals surface area contributed by atoms with Crippen molar-refractivity contribution >= 4 is 34.2 Å². The van der Waals surface area contributed by atoms with Crippen LogP contribution in [0.2, 0.25) is 5.02 Å². The molecule has 2 aromatic heterocycles. The number of hydrogen-bond acceptors (Lipinski definition) is 2. The van der Waals surface area contributed by atoms with Crippen LogP contribution in [-0.2, 0) is 17.8 Å². The molecule has 0 aliphatic heterocycles. The molecule has 0 atom stereocenters. The first-order valence-electron chi connectivity index (χ1n) is 9.41. The smallest absolute Gasteiger partial charge is 0.225 e. The van der Waals surface area contributed by atoms with Crippen LogP contribution in [0.15, 0.2) is 60.9 Å². The van der Waals surface area contributed by atoms with Gasteiger partial charge in [0.25, 0.3) is 0 Å². The third-order valence-corrected chi connectivity index (χ3v) is 5.07. The summed E-state index contributed by atoms with van der Waals surface area (Å²) in [4.78, 5) is 15.5. The molecule has 0 spiro atoms. The highest BCUT2D eigenvalue weighted by atomic mass is 35.5. The third-order valence-electron chi connectivity index (χ3n) is 4.79. The zero-order chi connectivity index (χ0) is 20.2. The summed E-state index contributed by atoms with van der Waals surface area (Å²) in [5, 5.41) is 8.52. The second kappa shape index (κ2) is 8.49. The molecule has 7 heteroatoms. The molecule has 2 heterocycles. The van der Waals surface area contributed by atoms with Gasteiger partial charge in [0.15, 0.2) is 5.82 Å². The van der Waals surface area contributed by atoms with E-state index in [1.54, 1.807) is 24.4 Å². The van der Waals surface area contributed by atoms with Gasteiger partial charge in [-0.3, -0.25) is 9.48 Å². The Bertz CT molecular complexity index is 1150. The fraction of sp³-hybridized carbons (Fsp3) is 0.182. The lowest BCUT2D eigenvalue weighted by molar-refractivity contribution is -0.116. The third kappa shape index (κ3) is 4.49. The predicted molar refractivity (Wildman–Crippen MR) is 113 cm³/mol. The minimum atomic E-state index is -0.304. The quantitative estimate of drug-likeness (QED) is 0.441. The van der Waals surface area contributed by atoms with Gasteiger partial charge < -0.3 is 10.3 Å². The van der Waals surface area contributed by atoms with Crippen LogP contribution in [-0.4, -0.2) is 20.7 Å². The number of aryl methyl sites for hydroxylation is 1. The fourth-order valence-corrected chi connectivity index (χ4v) is 3.53. The van der Waals surface area contributed by atoms with Crippen LogP contribution in [0.1, 0.15) is 24.0 Å². The number of carbonyl (C=O) groups is 1. The van der Waals surface area contributed by atoms with Gasteiger partial charge in [-0.05, 0) is 30.5 Å². The van der Waals surface area contributed by atoms with E-state index in [0.29, 0.717) is 29.2 Å². The Balaban J connectivity index is 1.32. The lowest BCUT2D eigenvalue weighted by Crippen LogP contribution is -2.13. The Morgan fingerprint density at radius 3 is 2.79 bits per heavy atom. The largest absolute Gasteiger partial charge is 0.361 e. The molecular weight excluding hydrogens is 391 g/mol. The second-order valence-corrected chi connectivity index (χ2v) is 7.28. The molecule has 0 bridgehead atoms. The number of fused-ring (bicyclic) bond motifs is 1. The number of amides is 1. The molecule has 4 rings (SSSR count). The van der Waals surface area contributed by atoms with Crippen molar-refractivity contribution < 1.29 is 9.18 Å². The van der Waals surface area contributed by atoms with Gasteiger partial charge >= 0.3 is 0 Å². The van der Waals surface area contributed by atoms with Crippen molar-refractivity contribution in [2.45, 2.75) is 25.8 Å². The van der Waals surface area contributed by atoms with Gasteiger partial charge in [0, 0.05) is 35.3 Å². The van der Waals surface area contributed by atoms with Crippen LogP contribution >= 0.6 is 11.6 Å². The molecule has 0 aliphatic carbocycles. The van der Waals surface area contributed by atoms with E-state index in [1.807, 2.05) is 24.4 Å². The summed E-state index contributed by atoms with van der Waals surface area (Å²) >= 11 is 6.18.